The molecule has 0 saturated heterocycles. The molecule has 2 rings (SSSR count). The normalized spacial score (nSPS) is 17.8. The molecule has 1 atom stereocenters. The highest BCUT2D eigenvalue weighted by Crippen LogP contribution is 2.40. The Kier molecular flexibility index (Phi) is 3.23. The Balaban J connectivity index is 2.48. The van der Waals surface area contributed by atoms with Crippen molar-refractivity contribution in [3.63, 3.8) is 0 Å². The summed E-state index contributed by atoms with van der Waals surface area (Å²) in [5.41, 5.74) is 0.899. The van der Waals surface area contributed by atoms with Crippen LogP contribution in [-0.4, -0.2) is 25.4 Å². The molecule has 0 aromatic heterocycles. The maximum Gasteiger partial charge on any atom is 0.265 e. The summed E-state index contributed by atoms with van der Waals surface area (Å²) in [4.78, 5) is 22.6. The fraction of sp³-hybridized carbons (Fsp3) is 0.385. The number of hydrogen-bond acceptors (Lipinski definition) is 4. The smallest absolute Gasteiger partial charge is 0.265 e. The van der Waals surface area contributed by atoms with Crippen molar-refractivity contribution in [3.8, 4) is 11.5 Å². The first-order valence-corrected chi connectivity index (χ1v) is 5.71. The van der Waals surface area contributed by atoms with Crippen LogP contribution in [0.4, 0.5) is 5.69 Å². The number of rotatable bonds is 3. The molecule has 0 aliphatic carbocycles. The largest absolute Gasteiger partial charge is 0.493 e. The van der Waals surface area contributed by atoms with E-state index in [1.807, 2.05) is 13.8 Å². The zero-order valence-electron chi connectivity index (χ0n) is 10.5. The van der Waals surface area contributed by atoms with Gasteiger partial charge in [0.1, 0.15) is 6.29 Å². The summed E-state index contributed by atoms with van der Waals surface area (Å²) in [6.45, 7) is 3.81. The number of aldehydes is 1. The fourth-order valence-electron chi connectivity index (χ4n) is 1.88. The van der Waals surface area contributed by atoms with Crippen molar-refractivity contribution in [2.24, 2.45) is 5.92 Å². The van der Waals surface area contributed by atoms with Crippen molar-refractivity contribution in [2.45, 2.75) is 20.0 Å². The van der Waals surface area contributed by atoms with E-state index in [1.54, 1.807) is 12.1 Å². The van der Waals surface area contributed by atoms with Gasteiger partial charge in [0.2, 0.25) is 0 Å². The fourth-order valence-corrected chi connectivity index (χ4v) is 1.88. The molecular weight excluding hydrogens is 234 g/mol. The minimum atomic E-state index is -0.548. The van der Waals surface area contributed by atoms with Gasteiger partial charge in [0.05, 0.1) is 12.8 Å². The summed E-state index contributed by atoms with van der Waals surface area (Å²) in [7, 11) is 1.49. The van der Waals surface area contributed by atoms with E-state index in [4.69, 9.17) is 9.47 Å². The standard InChI is InChI=1S/C13H15NO4/c1-7(2)11-13(16)14-9-4-8(6-15)5-10(17-3)12(9)18-11/h4-7,11H,1-3H3,(H,14,16). The number of methoxy groups -OCH3 is 1. The number of carbonyl (C=O) groups is 2. The van der Waals surface area contributed by atoms with Crippen LogP contribution >= 0.6 is 0 Å². The molecule has 1 amide bonds. The molecule has 1 aromatic rings. The van der Waals surface area contributed by atoms with Gasteiger partial charge in [0, 0.05) is 5.56 Å². The zero-order chi connectivity index (χ0) is 13.3. The Hall–Kier alpha value is -2.04. The monoisotopic (exact) mass is 249 g/mol. The molecule has 96 valence electrons. The second kappa shape index (κ2) is 4.68. The van der Waals surface area contributed by atoms with Crippen LogP contribution in [0.2, 0.25) is 0 Å². The van der Waals surface area contributed by atoms with Crippen LogP contribution < -0.4 is 14.8 Å². The van der Waals surface area contributed by atoms with E-state index < -0.39 is 6.10 Å². The molecule has 0 fully saturated rings. The second-order valence-electron chi connectivity index (χ2n) is 4.49. The Morgan fingerprint density at radius 3 is 2.72 bits per heavy atom. The number of anilines is 1. The molecule has 0 saturated carbocycles. The lowest BCUT2D eigenvalue weighted by Crippen LogP contribution is -2.40. The molecule has 1 N–H and O–H groups in total. The molecule has 5 nitrogen and oxygen atoms in total. The number of fused-ring (bicyclic) bond motifs is 1. The first-order chi connectivity index (χ1) is 8.56. The van der Waals surface area contributed by atoms with Crippen molar-refractivity contribution < 1.29 is 19.1 Å². The summed E-state index contributed by atoms with van der Waals surface area (Å²) >= 11 is 0. The third kappa shape index (κ3) is 2.03. The van der Waals surface area contributed by atoms with Gasteiger partial charge >= 0.3 is 0 Å². The summed E-state index contributed by atoms with van der Waals surface area (Å²) in [6, 6.07) is 3.15. The number of benzene rings is 1. The second-order valence-corrected chi connectivity index (χ2v) is 4.49. The van der Waals surface area contributed by atoms with Crippen LogP contribution in [0.25, 0.3) is 0 Å². The van der Waals surface area contributed by atoms with E-state index in [2.05, 4.69) is 5.32 Å². The molecule has 0 radical (unpaired) electrons. The van der Waals surface area contributed by atoms with Crippen LogP contribution in [0.15, 0.2) is 12.1 Å². The molecule has 1 aromatic carbocycles. The lowest BCUT2D eigenvalue weighted by atomic mass is 10.0. The SMILES string of the molecule is COc1cc(C=O)cc2c1OC(C(C)C)C(=O)N2. The zero-order valence-corrected chi connectivity index (χ0v) is 10.5. The van der Waals surface area contributed by atoms with Crippen molar-refractivity contribution >= 4 is 17.9 Å². The van der Waals surface area contributed by atoms with Crippen LogP contribution in [0.3, 0.4) is 0 Å². The van der Waals surface area contributed by atoms with E-state index in [0.29, 0.717) is 29.0 Å². The Labute approximate surface area is 105 Å². The predicted octanol–water partition coefficient (Wildman–Crippen LogP) is 1.86. The number of nitrogens with one attached hydrogen (secondary N) is 1. The summed E-state index contributed by atoms with van der Waals surface area (Å²) < 4.78 is 10.9. The number of carbonyl (C=O) groups excluding carboxylic acids is 2. The highest BCUT2D eigenvalue weighted by atomic mass is 16.5. The predicted molar refractivity (Wildman–Crippen MR) is 66.3 cm³/mol. The lowest BCUT2D eigenvalue weighted by molar-refractivity contribution is -0.125. The molecule has 18 heavy (non-hydrogen) atoms. The third-order valence-electron chi connectivity index (χ3n) is 2.80. The molecular formula is C13H15NO4. The molecule has 1 heterocycles. The molecule has 1 aliphatic heterocycles. The number of amides is 1. The van der Waals surface area contributed by atoms with Gasteiger partial charge in [-0.2, -0.15) is 0 Å². The van der Waals surface area contributed by atoms with Gasteiger partial charge in [0.15, 0.2) is 17.6 Å². The van der Waals surface area contributed by atoms with Crippen molar-refractivity contribution in [3.05, 3.63) is 17.7 Å². The van der Waals surface area contributed by atoms with Crippen molar-refractivity contribution in [2.75, 3.05) is 12.4 Å². The first-order valence-electron chi connectivity index (χ1n) is 5.71. The molecule has 0 bridgehead atoms. The average molecular weight is 249 g/mol. The van der Waals surface area contributed by atoms with Crippen LogP contribution in [0, 0.1) is 5.92 Å². The van der Waals surface area contributed by atoms with Crippen LogP contribution in [0.5, 0.6) is 11.5 Å². The van der Waals surface area contributed by atoms with E-state index in [0.717, 1.165) is 0 Å². The minimum absolute atomic E-state index is 0.0496. The van der Waals surface area contributed by atoms with Crippen LogP contribution in [0.1, 0.15) is 24.2 Å². The van der Waals surface area contributed by atoms with E-state index in [-0.39, 0.29) is 11.8 Å². The lowest BCUT2D eigenvalue weighted by Gasteiger charge is -2.29. The van der Waals surface area contributed by atoms with E-state index >= 15 is 0 Å². The van der Waals surface area contributed by atoms with Crippen molar-refractivity contribution in [1.29, 1.82) is 0 Å². The van der Waals surface area contributed by atoms with Gasteiger partial charge < -0.3 is 14.8 Å². The molecule has 1 aliphatic rings. The van der Waals surface area contributed by atoms with Gasteiger partial charge in [-0.05, 0) is 18.1 Å². The van der Waals surface area contributed by atoms with Gasteiger partial charge in [-0.1, -0.05) is 13.8 Å². The summed E-state index contributed by atoms with van der Waals surface area (Å²) in [5, 5.41) is 2.74. The third-order valence-corrected chi connectivity index (χ3v) is 2.80. The van der Waals surface area contributed by atoms with E-state index in [9.17, 15) is 9.59 Å². The first kappa shape index (κ1) is 12.4. The molecule has 1 unspecified atom stereocenters. The average Bonchev–Trinajstić information content (AvgIpc) is 2.35. The summed E-state index contributed by atoms with van der Waals surface area (Å²) in [5.74, 6) is 0.762. The minimum Gasteiger partial charge on any atom is -0.493 e. The summed E-state index contributed by atoms with van der Waals surface area (Å²) in [6.07, 6.45) is 0.150. The quantitative estimate of drug-likeness (QED) is 0.830. The number of ether oxygens (including phenoxy) is 2. The Morgan fingerprint density at radius 1 is 1.44 bits per heavy atom. The van der Waals surface area contributed by atoms with E-state index in [1.165, 1.54) is 7.11 Å². The Morgan fingerprint density at radius 2 is 2.17 bits per heavy atom. The maximum absolute atomic E-state index is 11.8. The molecule has 5 heteroatoms. The highest BCUT2D eigenvalue weighted by molar-refractivity contribution is 5.99. The van der Waals surface area contributed by atoms with Gasteiger partial charge in [-0.15, -0.1) is 0 Å². The maximum atomic E-state index is 11.8. The van der Waals surface area contributed by atoms with Crippen LogP contribution in [-0.2, 0) is 4.79 Å². The number of hydrogen-bond donors (Lipinski definition) is 1. The Bertz CT molecular complexity index is 496. The van der Waals surface area contributed by atoms with Crippen molar-refractivity contribution in [1.82, 2.24) is 0 Å². The van der Waals surface area contributed by atoms with Gasteiger partial charge in [-0.3, -0.25) is 9.59 Å². The van der Waals surface area contributed by atoms with Gasteiger partial charge in [0.25, 0.3) is 5.91 Å². The molecule has 0 spiro atoms. The topological polar surface area (TPSA) is 64.6 Å². The highest BCUT2D eigenvalue weighted by Gasteiger charge is 2.32. The van der Waals surface area contributed by atoms with Gasteiger partial charge in [-0.25, -0.2) is 0 Å².